The van der Waals surface area contributed by atoms with Crippen molar-refractivity contribution in [2.24, 2.45) is 0 Å². The van der Waals surface area contributed by atoms with Crippen LogP contribution in [0.1, 0.15) is 24.5 Å². The van der Waals surface area contributed by atoms with Gasteiger partial charge in [0.1, 0.15) is 0 Å². The zero-order chi connectivity index (χ0) is 9.97. The SMILES string of the molecule is OC1CCOC(c2ccccc2I)C1. The normalized spacial score (nSPS) is 27.6. The van der Waals surface area contributed by atoms with Gasteiger partial charge in [0.2, 0.25) is 0 Å². The molecule has 0 aliphatic carbocycles. The Morgan fingerprint density at radius 2 is 2.14 bits per heavy atom. The third-order valence-electron chi connectivity index (χ3n) is 2.51. The molecule has 1 fully saturated rings. The van der Waals surface area contributed by atoms with Gasteiger partial charge in [0.05, 0.1) is 12.2 Å². The summed E-state index contributed by atoms with van der Waals surface area (Å²) in [4.78, 5) is 0. The molecule has 14 heavy (non-hydrogen) atoms. The topological polar surface area (TPSA) is 29.5 Å². The molecule has 2 atom stereocenters. The van der Waals surface area contributed by atoms with Crippen LogP contribution in [0.25, 0.3) is 0 Å². The summed E-state index contributed by atoms with van der Waals surface area (Å²) in [5, 5.41) is 9.55. The highest BCUT2D eigenvalue weighted by Gasteiger charge is 2.23. The number of halogens is 1. The molecule has 0 radical (unpaired) electrons. The van der Waals surface area contributed by atoms with E-state index in [1.165, 1.54) is 9.13 Å². The van der Waals surface area contributed by atoms with Gasteiger partial charge in [-0.25, -0.2) is 0 Å². The van der Waals surface area contributed by atoms with E-state index in [4.69, 9.17) is 4.74 Å². The van der Waals surface area contributed by atoms with Crippen molar-refractivity contribution in [2.75, 3.05) is 6.61 Å². The first-order valence-electron chi connectivity index (χ1n) is 4.81. The Bertz CT molecular complexity index is 314. The summed E-state index contributed by atoms with van der Waals surface area (Å²) in [5.74, 6) is 0. The van der Waals surface area contributed by atoms with Crippen LogP contribution in [0, 0.1) is 3.57 Å². The van der Waals surface area contributed by atoms with Crippen LogP contribution in [0.5, 0.6) is 0 Å². The quantitative estimate of drug-likeness (QED) is 0.808. The lowest BCUT2D eigenvalue weighted by molar-refractivity contribution is -0.0451. The van der Waals surface area contributed by atoms with Crippen molar-refractivity contribution in [3.8, 4) is 0 Å². The summed E-state index contributed by atoms with van der Waals surface area (Å²) < 4.78 is 6.86. The smallest absolute Gasteiger partial charge is 0.0859 e. The van der Waals surface area contributed by atoms with Crippen LogP contribution < -0.4 is 0 Å². The largest absolute Gasteiger partial charge is 0.393 e. The maximum absolute atomic E-state index is 9.55. The molecular weight excluding hydrogens is 291 g/mol. The first kappa shape index (κ1) is 10.4. The molecule has 1 aliphatic rings. The minimum Gasteiger partial charge on any atom is -0.393 e. The van der Waals surface area contributed by atoms with E-state index in [2.05, 4.69) is 34.7 Å². The molecule has 1 aromatic rings. The van der Waals surface area contributed by atoms with Crippen molar-refractivity contribution < 1.29 is 9.84 Å². The number of aliphatic hydroxyl groups is 1. The molecule has 0 saturated carbocycles. The lowest BCUT2D eigenvalue weighted by Gasteiger charge is -2.27. The van der Waals surface area contributed by atoms with Crippen LogP contribution in [-0.2, 0) is 4.74 Å². The summed E-state index contributed by atoms with van der Waals surface area (Å²) in [5.41, 5.74) is 1.20. The summed E-state index contributed by atoms with van der Waals surface area (Å²) in [6.45, 7) is 0.663. The fraction of sp³-hybridized carbons (Fsp3) is 0.455. The Hall–Kier alpha value is -0.130. The van der Waals surface area contributed by atoms with Gasteiger partial charge < -0.3 is 9.84 Å². The van der Waals surface area contributed by atoms with Crippen LogP contribution in [-0.4, -0.2) is 17.8 Å². The fourth-order valence-corrected chi connectivity index (χ4v) is 2.47. The maximum atomic E-state index is 9.55. The molecule has 2 rings (SSSR count). The molecule has 3 heteroatoms. The zero-order valence-electron chi connectivity index (χ0n) is 7.82. The van der Waals surface area contributed by atoms with Gasteiger partial charge in [0.15, 0.2) is 0 Å². The number of hydrogen-bond acceptors (Lipinski definition) is 2. The summed E-state index contributed by atoms with van der Waals surface area (Å²) in [7, 11) is 0. The summed E-state index contributed by atoms with van der Waals surface area (Å²) >= 11 is 2.31. The Labute approximate surface area is 97.4 Å². The highest BCUT2D eigenvalue weighted by atomic mass is 127. The van der Waals surface area contributed by atoms with Crippen molar-refractivity contribution in [1.82, 2.24) is 0 Å². The lowest BCUT2D eigenvalue weighted by atomic mass is 10.00. The third kappa shape index (κ3) is 2.27. The van der Waals surface area contributed by atoms with Gasteiger partial charge >= 0.3 is 0 Å². The second kappa shape index (κ2) is 4.59. The molecule has 1 N–H and O–H groups in total. The predicted octanol–water partition coefficient (Wildman–Crippen LogP) is 2.50. The second-order valence-electron chi connectivity index (χ2n) is 3.56. The molecule has 0 aromatic heterocycles. The average Bonchev–Trinajstić information content (AvgIpc) is 2.18. The van der Waals surface area contributed by atoms with Gasteiger partial charge in [-0.3, -0.25) is 0 Å². The Morgan fingerprint density at radius 3 is 2.86 bits per heavy atom. The van der Waals surface area contributed by atoms with Crippen molar-refractivity contribution in [3.05, 3.63) is 33.4 Å². The fourth-order valence-electron chi connectivity index (χ4n) is 1.73. The van der Waals surface area contributed by atoms with Gasteiger partial charge in [0, 0.05) is 16.6 Å². The number of hydrogen-bond donors (Lipinski definition) is 1. The molecule has 0 spiro atoms. The van der Waals surface area contributed by atoms with E-state index in [0.717, 1.165) is 12.8 Å². The number of benzene rings is 1. The number of rotatable bonds is 1. The molecule has 1 heterocycles. The van der Waals surface area contributed by atoms with Crippen LogP contribution in [0.4, 0.5) is 0 Å². The standard InChI is InChI=1S/C11H13IO2/c12-10-4-2-1-3-9(10)11-7-8(13)5-6-14-11/h1-4,8,11,13H,5-7H2. The lowest BCUT2D eigenvalue weighted by Crippen LogP contribution is -2.23. The number of aliphatic hydroxyl groups excluding tert-OH is 1. The molecule has 1 aliphatic heterocycles. The van der Waals surface area contributed by atoms with Crippen LogP contribution in [0.2, 0.25) is 0 Å². The van der Waals surface area contributed by atoms with Crippen molar-refractivity contribution in [1.29, 1.82) is 0 Å². The molecule has 0 amide bonds. The maximum Gasteiger partial charge on any atom is 0.0859 e. The molecule has 1 saturated heterocycles. The molecule has 76 valence electrons. The van der Waals surface area contributed by atoms with Crippen LogP contribution in [0.3, 0.4) is 0 Å². The molecule has 0 bridgehead atoms. The van der Waals surface area contributed by atoms with E-state index < -0.39 is 0 Å². The first-order valence-corrected chi connectivity index (χ1v) is 5.89. The first-order chi connectivity index (χ1) is 6.77. The van der Waals surface area contributed by atoms with Gasteiger partial charge in [0.25, 0.3) is 0 Å². The third-order valence-corrected chi connectivity index (χ3v) is 3.49. The van der Waals surface area contributed by atoms with Gasteiger partial charge in [-0.05, 0) is 40.6 Å². The monoisotopic (exact) mass is 304 g/mol. The highest BCUT2D eigenvalue weighted by Crippen LogP contribution is 2.30. The second-order valence-corrected chi connectivity index (χ2v) is 4.72. The van der Waals surface area contributed by atoms with Gasteiger partial charge in [-0.1, -0.05) is 18.2 Å². The minimum atomic E-state index is -0.204. The van der Waals surface area contributed by atoms with E-state index in [9.17, 15) is 5.11 Å². The van der Waals surface area contributed by atoms with E-state index >= 15 is 0 Å². The number of ether oxygens (including phenoxy) is 1. The highest BCUT2D eigenvalue weighted by molar-refractivity contribution is 14.1. The Kier molecular flexibility index (Phi) is 3.41. The average molecular weight is 304 g/mol. The zero-order valence-corrected chi connectivity index (χ0v) is 9.98. The van der Waals surface area contributed by atoms with Crippen molar-refractivity contribution in [3.63, 3.8) is 0 Å². The van der Waals surface area contributed by atoms with E-state index in [1.807, 2.05) is 12.1 Å². The van der Waals surface area contributed by atoms with Crippen molar-refractivity contribution in [2.45, 2.75) is 25.0 Å². The van der Waals surface area contributed by atoms with E-state index in [1.54, 1.807) is 0 Å². The summed E-state index contributed by atoms with van der Waals surface area (Å²) in [6.07, 6.45) is 1.36. The summed E-state index contributed by atoms with van der Waals surface area (Å²) in [6, 6.07) is 8.18. The Morgan fingerprint density at radius 1 is 1.36 bits per heavy atom. The van der Waals surface area contributed by atoms with Crippen molar-refractivity contribution >= 4 is 22.6 Å². The Balaban J connectivity index is 2.18. The van der Waals surface area contributed by atoms with E-state index in [-0.39, 0.29) is 12.2 Å². The molecule has 2 nitrogen and oxygen atoms in total. The van der Waals surface area contributed by atoms with Crippen LogP contribution in [0.15, 0.2) is 24.3 Å². The molecule has 2 unspecified atom stereocenters. The van der Waals surface area contributed by atoms with Gasteiger partial charge in [-0.15, -0.1) is 0 Å². The minimum absolute atomic E-state index is 0.0758. The molecule has 1 aromatic carbocycles. The molecular formula is C11H13IO2. The van der Waals surface area contributed by atoms with E-state index in [0.29, 0.717) is 6.61 Å². The van der Waals surface area contributed by atoms with Gasteiger partial charge in [-0.2, -0.15) is 0 Å². The van der Waals surface area contributed by atoms with Crippen LogP contribution >= 0.6 is 22.6 Å². The predicted molar refractivity (Wildman–Crippen MR) is 63.1 cm³/mol.